The van der Waals surface area contributed by atoms with Crippen molar-refractivity contribution in [3.05, 3.63) is 65.1 Å². The van der Waals surface area contributed by atoms with E-state index in [0.717, 1.165) is 19.1 Å². The van der Waals surface area contributed by atoms with Crippen LogP contribution < -0.4 is 14.8 Å². The molecule has 0 spiro atoms. The van der Waals surface area contributed by atoms with Gasteiger partial charge >= 0.3 is 6.18 Å². The second-order valence-corrected chi connectivity index (χ2v) is 9.46. The van der Waals surface area contributed by atoms with Gasteiger partial charge in [0, 0.05) is 22.9 Å². The first-order valence-electron chi connectivity index (χ1n) is 10.0. The molecule has 186 valence electrons. The molecule has 0 radical (unpaired) electrons. The lowest BCUT2D eigenvalue weighted by Crippen LogP contribution is -2.21. The molecule has 0 saturated heterocycles. The standard InChI is InChI=1S/C22H20F4N4O4S/c1-4-33-14-8-9-16(23)17(11-14)34-21-18(12(2)19(29-30-21)22(24,25)26)20(31)28-13-6-5-7-15(10-13)35(3,27)32/h5-11,27H,4H2,1-3H3,(H,28,31). The average molecular weight is 512 g/mol. The first kappa shape index (κ1) is 25.9. The summed E-state index contributed by atoms with van der Waals surface area (Å²) >= 11 is 0. The number of anilines is 1. The number of ether oxygens (including phenoxy) is 2. The third kappa shape index (κ3) is 6.04. The molecule has 0 saturated carbocycles. The van der Waals surface area contributed by atoms with Crippen LogP contribution in [-0.4, -0.2) is 33.2 Å². The smallest absolute Gasteiger partial charge is 0.435 e. The minimum Gasteiger partial charge on any atom is -0.494 e. The topological polar surface area (TPSA) is 114 Å². The molecule has 0 aliphatic heterocycles. The number of hydrogen-bond acceptors (Lipinski definition) is 7. The van der Waals surface area contributed by atoms with E-state index in [2.05, 4.69) is 15.5 Å². The lowest BCUT2D eigenvalue weighted by atomic mass is 10.1. The van der Waals surface area contributed by atoms with Crippen LogP contribution in [0.2, 0.25) is 0 Å². The van der Waals surface area contributed by atoms with Gasteiger partial charge in [0.1, 0.15) is 11.3 Å². The number of nitrogens with zero attached hydrogens (tertiary/aromatic N) is 2. The monoisotopic (exact) mass is 512 g/mol. The van der Waals surface area contributed by atoms with Crippen molar-refractivity contribution >= 4 is 21.3 Å². The molecule has 3 rings (SSSR count). The molecule has 13 heteroatoms. The van der Waals surface area contributed by atoms with Crippen molar-refractivity contribution in [1.82, 2.24) is 10.2 Å². The van der Waals surface area contributed by atoms with Gasteiger partial charge in [0.2, 0.25) is 0 Å². The lowest BCUT2D eigenvalue weighted by molar-refractivity contribution is -0.142. The molecule has 3 aromatic rings. The van der Waals surface area contributed by atoms with Gasteiger partial charge in [0.25, 0.3) is 11.8 Å². The summed E-state index contributed by atoms with van der Waals surface area (Å²) in [4.78, 5) is 13.2. The van der Waals surface area contributed by atoms with Crippen LogP contribution >= 0.6 is 0 Å². The third-order valence-electron chi connectivity index (χ3n) is 4.64. The van der Waals surface area contributed by atoms with Crippen molar-refractivity contribution in [3.8, 4) is 17.4 Å². The van der Waals surface area contributed by atoms with Gasteiger partial charge in [-0.3, -0.25) is 4.79 Å². The Morgan fingerprint density at radius 2 is 1.89 bits per heavy atom. The van der Waals surface area contributed by atoms with Crippen LogP contribution in [0, 0.1) is 17.5 Å². The predicted molar refractivity (Wildman–Crippen MR) is 119 cm³/mol. The number of nitrogens with one attached hydrogen (secondary N) is 2. The largest absolute Gasteiger partial charge is 0.494 e. The molecule has 1 atom stereocenters. The third-order valence-corrected chi connectivity index (χ3v) is 5.80. The zero-order chi connectivity index (χ0) is 26.0. The zero-order valence-corrected chi connectivity index (χ0v) is 19.5. The summed E-state index contributed by atoms with van der Waals surface area (Å²) in [6.45, 7) is 2.97. The number of hydrogen-bond donors (Lipinski definition) is 2. The normalized spacial score (nSPS) is 13.1. The Labute approximate surface area is 198 Å². The highest BCUT2D eigenvalue weighted by Gasteiger charge is 2.38. The summed E-state index contributed by atoms with van der Waals surface area (Å²) in [6, 6.07) is 9.00. The number of carbonyl (C=O) groups is 1. The van der Waals surface area contributed by atoms with E-state index in [4.69, 9.17) is 14.3 Å². The molecule has 0 aliphatic carbocycles. The Morgan fingerprint density at radius 3 is 2.51 bits per heavy atom. The van der Waals surface area contributed by atoms with Crippen LogP contribution in [0.15, 0.2) is 47.4 Å². The Balaban J connectivity index is 2.08. The summed E-state index contributed by atoms with van der Waals surface area (Å²) < 4.78 is 85.1. The summed E-state index contributed by atoms with van der Waals surface area (Å²) in [6.07, 6.45) is -3.75. The van der Waals surface area contributed by atoms with Gasteiger partial charge in [-0.2, -0.15) is 13.2 Å². The fraction of sp³-hybridized carbons (Fsp3) is 0.227. The van der Waals surface area contributed by atoms with Crippen LogP contribution in [0.25, 0.3) is 0 Å². The predicted octanol–water partition coefficient (Wildman–Crippen LogP) is 5.42. The van der Waals surface area contributed by atoms with Gasteiger partial charge in [0.15, 0.2) is 17.3 Å². The second kappa shape index (κ2) is 9.86. The number of alkyl halides is 3. The highest BCUT2D eigenvalue weighted by Crippen LogP contribution is 2.36. The van der Waals surface area contributed by atoms with Crippen molar-refractivity contribution in [2.24, 2.45) is 0 Å². The summed E-state index contributed by atoms with van der Waals surface area (Å²) in [7, 11) is -3.12. The van der Waals surface area contributed by atoms with Gasteiger partial charge in [-0.25, -0.2) is 13.4 Å². The van der Waals surface area contributed by atoms with Gasteiger partial charge in [-0.15, -0.1) is 10.2 Å². The SMILES string of the molecule is CCOc1ccc(F)c(Oc2nnc(C(F)(F)F)c(C)c2C(=O)Nc2cccc(S(C)(=N)=O)c2)c1. The molecular weight excluding hydrogens is 492 g/mol. The molecule has 1 unspecified atom stereocenters. The summed E-state index contributed by atoms with van der Waals surface area (Å²) in [5.41, 5.74) is -2.59. The highest BCUT2D eigenvalue weighted by atomic mass is 32.2. The number of carbonyl (C=O) groups excluding carboxylic acids is 1. The number of aromatic nitrogens is 2. The maximum absolute atomic E-state index is 14.3. The minimum atomic E-state index is -4.93. The number of amides is 1. The molecule has 35 heavy (non-hydrogen) atoms. The minimum absolute atomic E-state index is 0.0644. The van der Waals surface area contributed by atoms with Crippen molar-refractivity contribution in [2.45, 2.75) is 24.9 Å². The number of halogens is 4. The molecule has 8 nitrogen and oxygen atoms in total. The van der Waals surface area contributed by atoms with Crippen LogP contribution in [0.1, 0.15) is 28.5 Å². The van der Waals surface area contributed by atoms with Crippen LogP contribution in [0.4, 0.5) is 23.2 Å². The molecule has 2 aromatic carbocycles. The van der Waals surface area contributed by atoms with E-state index >= 15 is 0 Å². The van der Waals surface area contributed by atoms with Gasteiger partial charge in [-0.1, -0.05) is 6.07 Å². The fourth-order valence-corrected chi connectivity index (χ4v) is 3.73. The highest BCUT2D eigenvalue weighted by molar-refractivity contribution is 7.91. The maximum atomic E-state index is 14.3. The quantitative estimate of drug-likeness (QED) is 0.409. The van der Waals surface area contributed by atoms with E-state index < -0.39 is 56.1 Å². The van der Waals surface area contributed by atoms with Gasteiger partial charge in [-0.05, 0) is 49.7 Å². The summed E-state index contributed by atoms with van der Waals surface area (Å²) in [5.74, 6) is -2.83. The van der Waals surface area contributed by atoms with Crippen molar-refractivity contribution < 1.29 is 36.0 Å². The number of rotatable bonds is 7. The molecule has 0 aliphatic rings. The summed E-state index contributed by atoms with van der Waals surface area (Å²) in [5, 5.41) is 8.92. The van der Waals surface area contributed by atoms with Gasteiger partial charge < -0.3 is 14.8 Å². The van der Waals surface area contributed by atoms with E-state index in [-0.39, 0.29) is 22.9 Å². The molecule has 2 N–H and O–H groups in total. The molecule has 1 aromatic heterocycles. The Morgan fingerprint density at radius 1 is 1.17 bits per heavy atom. The van der Waals surface area contributed by atoms with E-state index in [1.807, 2.05) is 0 Å². The van der Waals surface area contributed by atoms with Crippen molar-refractivity contribution in [1.29, 1.82) is 4.78 Å². The van der Waals surface area contributed by atoms with Crippen molar-refractivity contribution in [3.63, 3.8) is 0 Å². The van der Waals surface area contributed by atoms with Crippen LogP contribution in [-0.2, 0) is 15.9 Å². The zero-order valence-electron chi connectivity index (χ0n) is 18.7. The average Bonchev–Trinajstić information content (AvgIpc) is 2.75. The fourth-order valence-electron chi connectivity index (χ4n) is 3.04. The molecule has 1 heterocycles. The van der Waals surface area contributed by atoms with E-state index in [0.29, 0.717) is 0 Å². The molecule has 0 fully saturated rings. The molecule has 1 amide bonds. The van der Waals surface area contributed by atoms with Crippen LogP contribution in [0.5, 0.6) is 17.4 Å². The molecular formula is C22H20F4N4O4S. The Hall–Kier alpha value is -3.74. The van der Waals surface area contributed by atoms with E-state index in [1.165, 1.54) is 36.6 Å². The Bertz CT molecular complexity index is 1380. The van der Waals surface area contributed by atoms with E-state index in [9.17, 15) is 26.6 Å². The van der Waals surface area contributed by atoms with E-state index in [1.54, 1.807) is 6.92 Å². The second-order valence-electron chi connectivity index (χ2n) is 7.30. The lowest BCUT2D eigenvalue weighted by Gasteiger charge is -2.16. The first-order valence-corrected chi connectivity index (χ1v) is 12.0. The Kier molecular flexibility index (Phi) is 7.29. The van der Waals surface area contributed by atoms with Gasteiger partial charge in [0.05, 0.1) is 16.3 Å². The molecule has 0 bridgehead atoms. The van der Waals surface area contributed by atoms with Crippen LogP contribution in [0.3, 0.4) is 0 Å². The first-order chi connectivity index (χ1) is 16.3. The van der Waals surface area contributed by atoms with Crippen molar-refractivity contribution in [2.75, 3.05) is 18.2 Å². The maximum Gasteiger partial charge on any atom is 0.435 e. The number of benzene rings is 2.